The second-order valence-corrected chi connectivity index (χ2v) is 12.9. The molecular weight excluding hydrogens is 532 g/mol. The average molecular weight is 567 g/mol. The van der Waals surface area contributed by atoms with Crippen LogP contribution < -0.4 is 14.4 Å². The van der Waals surface area contributed by atoms with Crippen molar-refractivity contribution >= 4 is 54.0 Å². The van der Waals surface area contributed by atoms with Crippen LogP contribution in [-0.2, 0) is 14.8 Å². The highest BCUT2D eigenvalue weighted by Crippen LogP contribution is 2.40. The van der Waals surface area contributed by atoms with E-state index in [1.165, 1.54) is 27.0 Å². The maximum Gasteiger partial charge on any atom is 0.252 e. The summed E-state index contributed by atoms with van der Waals surface area (Å²) in [6, 6.07) is 7.02. The van der Waals surface area contributed by atoms with E-state index in [1.54, 1.807) is 36.6 Å². The summed E-state index contributed by atoms with van der Waals surface area (Å²) in [5.41, 5.74) is 0.666. The quantitative estimate of drug-likeness (QED) is 0.344. The lowest BCUT2D eigenvalue weighted by atomic mass is 9.96. The van der Waals surface area contributed by atoms with Crippen LogP contribution in [0.15, 0.2) is 33.9 Å². The summed E-state index contributed by atoms with van der Waals surface area (Å²) in [5, 5.41) is 2.36. The summed E-state index contributed by atoms with van der Waals surface area (Å²) < 4.78 is 39.6. The molecule has 202 valence electrons. The van der Waals surface area contributed by atoms with Crippen LogP contribution in [0.5, 0.6) is 11.5 Å². The summed E-state index contributed by atoms with van der Waals surface area (Å²) in [4.78, 5) is 22.8. The predicted octanol–water partition coefficient (Wildman–Crippen LogP) is 4.15. The van der Waals surface area contributed by atoms with E-state index < -0.39 is 10.0 Å². The number of amides is 1. The Morgan fingerprint density at radius 2 is 1.76 bits per heavy atom. The minimum Gasteiger partial charge on any atom is -0.495 e. The van der Waals surface area contributed by atoms with E-state index in [9.17, 15) is 13.2 Å². The van der Waals surface area contributed by atoms with E-state index in [4.69, 9.17) is 14.5 Å². The second-order valence-electron chi connectivity index (χ2n) is 8.77. The van der Waals surface area contributed by atoms with Gasteiger partial charge in [-0.1, -0.05) is 31.3 Å². The summed E-state index contributed by atoms with van der Waals surface area (Å²) in [5.74, 6) is 1.02. The predicted molar refractivity (Wildman–Crippen MR) is 149 cm³/mol. The number of likely N-dealkylation sites (N-methyl/N-ethyl adjacent to an activating group) is 1. The maximum atomic E-state index is 13.9. The zero-order chi connectivity index (χ0) is 26.6. The molecule has 1 fully saturated rings. The molecule has 0 N–H and O–H groups in total. The van der Waals surface area contributed by atoms with Crippen LogP contribution >= 0.6 is 22.7 Å². The molecule has 3 heterocycles. The Morgan fingerprint density at radius 3 is 2.35 bits per heavy atom. The number of benzene rings is 1. The number of ether oxygens (including phenoxy) is 2. The first-order valence-electron chi connectivity index (χ1n) is 12.4. The van der Waals surface area contributed by atoms with Gasteiger partial charge in [-0.2, -0.15) is 4.31 Å². The molecule has 0 saturated carbocycles. The number of thiophene rings is 1. The van der Waals surface area contributed by atoms with Crippen molar-refractivity contribution in [1.82, 2.24) is 14.2 Å². The number of fused-ring (bicyclic) bond motifs is 1. The van der Waals surface area contributed by atoms with Gasteiger partial charge in [-0.25, -0.2) is 13.4 Å². The first-order valence-corrected chi connectivity index (χ1v) is 15.6. The van der Waals surface area contributed by atoms with Crippen molar-refractivity contribution in [3.63, 3.8) is 0 Å². The topological polar surface area (TPSA) is 92.3 Å². The van der Waals surface area contributed by atoms with Crippen molar-refractivity contribution < 1.29 is 22.7 Å². The monoisotopic (exact) mass is 566 g/mol. The van der Waals surface area contributed by atoms with Crippen LogP contribution in [0.4, 0.5) is 5.13 Å². The molecule has 12 heteroatoms. The van der Waals surface area contributed by atoms with E-state index in [0.29, 0.717) is 65.4 Å². The first kappa shape index (κ1) is 27.8. The van der Waals surface area contributed by atoms with Crippen molar-refractivity contribution in [2.24, 2.45) is 5.92 Å². The third kappa shape index (κ3) is 5.78. The van der Waals surface area contributed by atoms with Crippen molar-refractivity contribution in [1.29, 1.82) is 0 Å². The van der Waals surface area contributed by atoms with Crippen molar-refractivity contribution in [2.75, 3.05) is 58.4 Å². The number of thiazole rings is 1. The number of anilines is 1. The highest BCUT2D eigenvalue weighted by molar-refractivity contribution is 7.91. The van der Waals surface area contributed by atoms with E-state index >= 15 is 0 Å². The molecule has 0 unspecified atom stereocenters. The molecule has 1 aliphatic rings. The molecule has 0 atom stereocenters. The molecule has 1 aromatic carbocycles. The highest BCUT2D eigenvalue weighted by atomic mass is 32.2. The number of hydrogen-bond donors (Lipinski definition) is 0. The van der Waals surface area contributed by atoms with Gasteiger partial charge in [-0.05, 0) is 49.5 Å². The van der Waals surface area contributed by atoms with Gasteiger partial charge in [-0.15, -0.1) is 11.3 Å². The van der Waals surface area contributed by atoms with Gasteiger partial charge in [0.1, 0.15) is 25.9 Å². The van der Waals surface area contributed by atoms with E-state index in [2.05, 4.69) is 18.7 Å². The summed E-state index contributed by atoms with van der Waals surface area (Å²) >= 11 is 2.63. The lowest BCUT2D eigenvalue weighted by Crippen LogP contribution is -2.46. The molecule has 0 radical (unpaired) electrons. The van der Waals surface area contributed by atoms with Crippen LogP contribution in [0.3, 0.4) is 0 Å². The van der Waals surface area contributed by atoms with Crippen molar-refractivity contribution in [2.45, 2.75) is 30.9 Å². The molecule has 0 spiro atoms. The fraction of sp³-hybridized carbons (Fsp3) is 0.520. The number of carbonyl (C=O) groups excluding carboxylic acids is 1. The Hall–Kier alpha value is -2.25. The molecule has 1 saturated heterocycles. The van der Waals surface area contributed by atoms with Gasteiger partial charge in [0.05, 0.1) is 14.2 Å². The van der Waals surface area contributed by atoms with Crippen molar-refractivity contribution in [3.8, 4) is 11.5 Å². The largest absolute Gasteiger partial charge is 0.495 e. The SMILES string of the molecule is CCN(CC)CCN(C(=O)C1CCN(S(=O)(=O)c2cccs2)CC1)c1nc2c(OC)ccc(OC)c2s1. The van der Waals surface area contributed by atoms with Crippen LogP contribution in [0, 0.1) is 5.92 Å². The second kappa shape index (κ2) is 12.1. The van der Waals surface area contributed by atoms with Gasteiger partial charge in [0.2, 0.25) is 5.91 Å². The molecule has 9 nitrogen and oxygen atoms in total. The van der Waals surface area contributed by atoms with Crippen LogP contribution in [-0.4, -0.2) is 82.0 Å². The van der Waals surface area contributed by atoms with Gasteiger partial charge in [0.15, 0.2) is 5.13 Å². The van der Waals surface area contributed by atoms with Crippen LogP contribution in [0.1, 0.15) is 26.7 Å². The molecule has 4 rings (SSSR count). The van der Waals surface area contributed by atoms with E-state index in [1.807, 2.05) is 12.1 Å². The summed E-state index contributed by atoms with van der Waals surface area (Å²) in [6.45, 7) is 7.84. The summed E-state index contributed by atoms with van der Waals surface area (Å²) in [6.07, 6.45) is 0.950. The number of piperidine rings is 1. The number of carbonyl (C=O) groups is 1. The normalized spacial score (nSPS) is 15.4. The standard InChI is InChI=1S/C25H34N4O5S3/c1-5-27(6-2)15-16-29(25-26-22-19(33-3)9-10-20(34-4)23(22)36-25)24(30)18-11-13-28(14-12-18)37(31,32)21-8-7-17-35-21/h7-10,17-18H,5-6,11-16H2,1-4H3. The van der Waals surface area contributed by atoms with E-state index in [0.717, 1.165) is 17.8 Å². The minimum absolute atomic E-state index is 0.0164. The van der Waals surface area contributed by atoms with E-state index in [-0.39, 0.29) is 11.8 Å². The van der Waals surface area contributed by atoms with Gasteiger partial charge in [-0.3, -0.25) is 9.69 Å². The zero-order valence-electron chi connectivity index (χ0n) is 21.7. The number of rotatable bonds is 11. The number of sulfonamides is 1. The lowest BCUT2D eigenvalue weighted by Gasteiger charge is -2.33. The number of aromatic nitrogens is 1. The fourth-order valence-corrected chi connectivity index (χ4v) is 8.29. The highest BCUT2D eigenvalue weighted by Gasteiger charge is 2.35. The molecule has 2 aromatic heterocycles. The molecule has 1 amide bonds. The minimum atomic E-state index is -3.52. The summed E-state index contributed by atoms with van der Waals surface area (Å²) in [7, 11) is -0.307. The molecule has 3 aromatic rings. The Balaban J connectivity index is 1.59. The zero-order valence-corrected chi connectivity index (χ0v) is 24.1. The third-order valence-electron chi connectivity index (χ3n) is 6.82. The molecule has 0 aliphatic carbocycles. The molecular formula is C25H34N4O5S3. The van der Waals surface area contributed by atoms with Gasteiger partial charge in [0, 0.05) is 32.1 Å². The van der Waals surface area contributed by atoms with Crippen molar-refractivity contribution in [3.05, 3.63) is 29.6 Å². The molecule has 37 heavy (non-hydrogen) atoms. The third-order valence-corrected chi connectivity index (χ3v) is 11.2. The van der Waals surface area contributed by atoms with Crippen LogP contribution in [0.25, 0.3) is 10.2 Å². The smallest absolute Gasteiger partial charge is 0.252 e. The molecule has 1 aliphatic heterocycles. The van der Waals surface area contributed by atoms with Gasteiger partial charge in [0.25, 0.3) is 10.0 Å². The number of hydrogen-bond acceptors (Lipinski definition) is 9. The molecule has 0 bridgehead atoms. The van der Waals surface area contributed by atoms with Gasteiger partial charge >= 0.3 is 0 Å². The fourth-order valence-electron chi connectivity index (χ4n) is 4.57. The number of nitrogens with zero attached hydrogens (tertiary/aromatic N) is 4. The van der Waals surface area contributed by atoms with Crippen LogP contribution in [0.2, 0.25) is 0 Å². The Bertz CT molecular complexity index is 1260. The van der Waals surface area contributed by atoms with Gasteiger partial charge < -0.3 is 14.4 Å². The average Bonchev–Trinajstić information content (AvgIpc) is 3.62. The Morgan fingerprint density at radius 1 is 1.08 bits per heavy atom. The lowest BCUT2D eigenvalue weighted by molar-refractivity contribution is -0.123. The number of methoxy groups -OCH3 is 2. The Labute approximate surface area is 226 Å². The maximum absolute atomic E-state index is 13.9. The Kier molecular flexibility index (Phi) is 9.07. The first-order chi connectivity index (χ1) is 17.8.